The minimum atomic E-state index is -0.757. The molecule has 0 saturated heterocycles. The molecule has 5 heteroatoms. The van der Waals surface area contributed by atoms with Crippen molar-refractivity contribution < 1.29 is 24.2 Å². The quantitative estimate of drug-likeness (QED) is 0.0908. The van der Waals surface area contributed by atoms with E-state index in [9.17, 15) is 14.7 Å². The Hall–Kier alpha value is -1.10. The first-order valence-electron chi connectivity index (χ1n) is 15.1. The molecule has 0 aromatic carbocycles. The molecule has 0 radical (unpaired) electrons. The first kappa shape index (κ1) is 33.9. The van der Waals surface area contributed by atoms with Gasteiger partial charge in [-0.1, -0.05) is 136 Å². The van der Waals surface area contributed by atoms with Crippen LogP contribution < -0.4 is 0 Å². The van der Waals surface area contributed by atoms with Gasteiger partial charge in [0, 0.05) is 12.8 Å². The monoisotopic (exact) mass is 498 g/mol. The summed E-state index contributed by atoms with van der Waals surface area (Å²) < 4.78 is 10.4. The van der Waals surface area contributed by atoms with Gasteiger partial charge in [-0.15, -0.1) is 0 Å². The van der Waals surface area contributed by atoms with Crippen LogP contribution in [0.2, 0.25) is 0 Å². The molecule has 0 aliphatic carbocycles. The minimum absolute atomic E-state index is 0.0598. The van der Waals surface area contributed by atoms with Gasteiger partial charge in [0.1, 0.15) is 6.61 Å². The van der Waals surface area contributed by atoms with E-state index in [2.05, 4.69) is 13.8 Å². The van der Waals surface area contributed by atoms with Crippen LogP contribution in [0.5, 0.6) is 0 Å². The van der Waals surface area contributed by atoms with Crippen LogP contribution in [-0.4, -0.2) is 36.4 Å². The molecule has 0 rings (SSSR count). The van der Waals surface area contributed by atoms with Crippen LogP contribution in [0.1, 0.15) is 162 Å². The van der Waals surface area contributed by atoms with Crippen molar-refractivity contribution in [3.05, 3.63) is 0 Å². The average Bonchev–Trinajstić information content (AvgIpc) is 2.86. The molecule has 1 atom stereocenters. The molecule has 0 amide bonds. The molecular weight excluding hydrogens is 440 g/mol. The Morgan fingerprint density at radius 3 is 1.26 bits per heavy atom. The van der Waals surface area contributed by atoms with E-state index in [-0.39, 0.29) is 25.2 Å². The normalized spacial score (nSPS) is 12.0. The fourth-order valence-electron chi connectivity index (χ4n) is 4.32. The summed E-state index contributed by atoms with van der Waals surface area (Å²) >= 11 is 0. The molecule has 208 valence electrons. The topological polar surface area (TPSA) is 72.8 Å². The minimum Gasteiger partial charge on any atom is -0.462 e. The molecule has 0 unspecified atom stereocenters. The molecule has 0 heterocycles. The van der Waals surface area contributed by atoms with Crippen molar-refractivity contribution >= 4 is 11.9 Å². The number of ether oxygens (including phenoxy) is 2. The lowest BCUT2D eigenvalue weighted by molar-refractivity contribution is -0.161. The summed E-state index contributed by atoms with van der Waals surface area (Å²) in [6.07, 6.45) is 26.1. The Bertz CT molecular complexity index is 466. The van der Waals surface area contributed by atoms with Crippen LogP contribution in [0.3, 0.4) is 0 Å². The number of carbonyl (C=O) groups is 2. The summed E-state index contributed by atoms with van der Waals surface area (Å²) in [5, 5.41) is 9.39. The predicted molar refractivity (Wildman–Crippen MR) is 145 cm³/mol. The summed E-state index contributed by atoms with van der Waals surface area (Å²) in [7, 11) is 0. The van der Waals surface area contributed by atoms with Gasteiger partial charge in [0.25, 0.3) is 0 Å². The highest BCUT2D eigenvalue weighted by Crippen LogP contribution is 2.14. The fourth-order valence-corrected chi connectivity index (χ4v) is 4.32. The number of unbranched alkanes of at least 4 members (excludes halogenated alkanes) is 19. The summed E-state index contributed by atoms with van der Waals surface area (Å²) in [5.41, 5.74) is 0. The van der Waals surface area contributed by atoms with Crippen molar-refractivity contribution in [3.63, 3.8) is 0 Å². The SMILES string of the molecule is CCCCCCCCCCCCCCCCCCC(=O)OC[C@H](CO)OC(=O)CCCCCCC. The van der Waals surface area contributed by atoms with Crippen LogP contribution in [0.25, 0.3) is 0 Å². The van der Waals surface area contributed by atoms with Crippen LogP contribution in [0.15, 0.2) is 0 Å². The van der Waals surface area contributed by atoms with E-state index in [0.717, 1.165) is 32.1 Å². The molecule has 0 fully saturated rings. The van der Waals surface area contributed by atoms with E-state index in [4.69, 9.17) is 9.47 Å². The third-order valence-electron chi connectivity index (χ3n) is 6.65. The lowest BCUT2D eigenvalue weighted by atomic mass is 10.0. The maximum Gasteiger partial charge on any atom is 0.306 e. The van der Waals surface area contributed by atoms with Crippen LogP contribution in [0.4, 0.5) is 0 Å². The van der Waals surface area contributed by atoms with Crippen LogP contribution in [-0.2, 0) is 19.1 Å². The van der Waals surface area contributed by atoms with Gasteiger partial charge in [0.2, 0.25) is 0 Å². The Labute approximate surface area is 217 Å². The van der Waals surface area contributed by atoms with Gasteiger partial charge in [-0.05, 0) is 12.8 Å². The number of carbonyl (C=O) groups excluding carboxylic acids is 2. The summed E-state index contributed by atoms with van der Waals surface area (Å²) in [4.78, 5) is 23.8. The molecule has 0 aromatic heterocycles. The molecule has 35 heavy (non-hydrogen) atoms. The van der Waals surface area contributed by atoms with Gasteiger partial charge < -0.3 is 14.6 Å². The highest BCUT2D eigenvalue weighted by Gasteiger charge is 2.16. The number of rotatable bonds is 27. The second-order valence-electron chi connectivity index (χ2n) is 10.2. The average molecular weight is 499 g/mol. The number of esters is 2. The van der Waals surface area contributed by atoms with E-state index in [1.165, 1.54) is 103 Å². The van der Waals surface area contributed by atoms with E-state index in [1.807, 2.05) is 0 Å². The molecule has 0 aromatic rings. The largest absolute Gasteiger partial charge is 0.462 e. The van der Waals surface area contributed by atoms with Gasteiger partial charge in [-0.2, -0.15) is 0 Å². The van der Waals surface area contributed by atoms with Crippen LogP contribution >= 0.6 is 0 Å². The number of hydrogen-bond donors (Lipinski definition) is 1. The highest BCUT2D eigenvalue weighted by molar-refractivity contribution is 5.70. The van der Waals surface area contributed by atoms with Crippen molar-refractivity contribution in [3.8, 4) is 0 Å². The third-order valence-corrected chi connectivity index (χ3v) is 6.65. The lowest BCUT2D eigenvalue weighted by Crippen LogP contribution is -2.28. The molecule has 0 aliphatic rings. The van der Waals surface area contributed by atoms with Crippen LogP contribution in [0, 0.1) is 0 Å². The second-order valence-corrected chi connectivity index (χ2v) is 10.2. The molecule has 1 N–H and O–H groups in total. The van der Waals surface area contributed by atoms with E-state index >= 15 is 0 Å². The number of aliphatic hydroxyl groups is 1. The zero-order valence-electron chi connectivity index (χ0n) is 23.3. The smallest absolute Gasteiger partial charge is 0.306 e. The first-order valence-corrected chi connectivity index (χ1v) is 15.1. The van der Waals surface area contributed by atoms with Crippen molar-refractivity contribution in [2.45, 2.75) is 168 Å². The van der Waals surface area contributed by atoms with E-state index in [0.29, 0.717) is 12.8 Å². The fraction of sp³-hybridized carbons (Fsp3) is 0.933. The van der Waals surface area contributed by atoms with Gasteiger partial charge in [0.15, 0.2) is 6.10 Å². The van der Waals surface area contributed by atoms with Crippen molar-refractivity contribution in [1.29, 1.82) is 0 Å². The Morgan fingerprint density at radius 2 is 0.886 bits per heavy atom. The van der Waals surface area contributed by atoms with Gasteiger partial charge in [0.05, 0.1) is 6.61 Å². The number of hydrogen-bond acceptors (Lipinski definition) is 5. The summed E-state index contributed by atoms with van der Waals surface area (Å²) in [6, 6.07) is 0. The van der Waals surface area contributed by atoms with Gasteiger partial charge in [-0.3, -0.25) is 9.59 Å². The zero-order valence-corrected chi connectivity index (χ0v) is 23.3. The maximum atomic E-state index is 11.9. The Morgan fingerprint density at radius 1 is 0.543 bits per heavy atom. The summed E-state index contributed by atoms with van der Waals surface area (Å²) in [6.45, 7) is 4.04. The van der Waals surface area contributed by atoms with Gasteiger partial charge in [-0.25, -0.2) is 0 Å². The first-order chi connectivity index (χ1) is 17.1. The molecule has 5 nitrogen and oxygen atoms in total. The van der Waals surface area contributed by atoms with Crippen molar-refractivity contribution in [2.24, 2.45) is 0 Å². The zero-order chi connectivity index (χ0) is 25.8. The Balaban J connectivity index is 3.47. The van der Waals surface area contributed by atoms with E-state index < -0.39 is 6.10 Å². The lowest BCUT2D eigenvalue weighted by Gasteiger charge is -2.15. The molecule has 0 aliphatic heterocycles. The predicted octanol–water partition coefficient (Wildman–Crippen LogP) is 8.45. The van der Waals surface area contributed by atoms with E-state index in [1.54, 1.807) is 0 Å². The Kier molecular flexibility index (Phi) is 26.6. The summed E-state index contributed by atoms with van der Waals surface area (Å²) in [5.74, 6) is -0.598. The standard InChI is InChI=1S/C30H58O5/c1-3-5-7-9-10-11-12-13-14-15-16-17-18-19-21-22-24-29(32)34-27-28(26-31)35-30(33)25-23-20-8-6-4-2/h28,31H,3-27H2,1-2H3/t28-/m0/s1. The van der Waals surface area contributed by atoms with Gasteiger partial charge >= 0.3 is 11.9 Å². The van der Waals surface area contributed by atoms with Crippen molar-refractivity contribution in [1.82, 2.24) is 0 Å². The number of aliphatic hydroxyl groups excluding tert-OH is 1. The van der Waals surface area contributed by atoms with Crippen molar-refractivity contribution in [2.75, 3.05) is 13.2 Å². The second kappa shape index (κ2) is 27.5. The molecule has 0 bridgehead atoms. The maximum absolute atomic E-state index is 11.9. The molecular formula is C30H58O5. The highest BCUT2D eigenvalue weighted by atomic mass is 16.6. The molecule has 0 spiro atoms. The third kappa shape index (κ3) is 25.8. The molecule has 0 saturated carbocycles.